The number of phenols is 1. The van der Waals surface area contributed by atoms with E-state index in [9.17, 15) is 19.5 Å². The Morgan fingerprint density at radius 3 is 2.40 bits per heavy atom. The second-order valence-electron chi connectivity index (χ2n) is 17.1. The highest BCUT2D eigenvalue weighted by molar-refractivity contribution is 6.01. The van der Waals surface area contributed by atoms with Crippen molar-refractivity contribution >= 4 is 17.8 Å². The van der Waals surface area contributed by atoms with Gasteiger partial charge in [-0.15, -0.1) is 0 Å². The monoisotopic (exact) mass is 787 g/mol. The predicted molar refractivity (Wildman–Crippen MR) is 223 cm³/mol. The molecule has 10 nitrogen and oxygen atoms in total. The molecule has 1 aliphatic carbocycles. The quantitative estimate of drug-likeness (QED) is 0.117. The minimum Gasteiger partial charge on any atom is -0.508 e. The first kappa shape index (κ1) is 40.8. The van der Waals surface area contributed by atoms with E-state index in [1.807, 2.05) is 18.2 Å². The molecule has 0 saturated carbocycles. The van der Waals surface area contributed by atoms with E-state index in [1.165, 1.54) is 27.2 Å². The van der Waals surface area contributed by atoms with Gasteiger partial charge in [0.1, 0.15) is 35.5 Å². The first-order chi connectivity index (χ1) is 27.9. The minimum atomic E-state index is -0.909. The summed E-state index contributed by atoms with van der Waals surface area (Å²) in [6.07, 6.45) is 5.28. The Balaban J connectivity index is 0.870. The Kier molecular flexibility index (Phi) is 12.7. The topological polar surface area (TPSA) is 132 Å². The number of primary amides is 1. The van der Waals surface area contributed by atoms with Crippen LogP contribution in [0.3, 0.4) is 0 Å². The van der Waals surface area contributed by atoms with E-state index in [0.717, 1.165) is 63.1 Å². The molecule has 0 aromatic heterocycles. The van der Waals surface area contributed by atoms with Crippen molar-refractivity contribution in [2.45, 2.75) is 95.7 Å². The number of rotatable bonds is 15. The van der Waals surface area contributed by atoms with Crippen LogP contribution in [0.5, 0.6) is 17.2 Å². The molecule has 0 radical (unpaired) electrons. The molecule has 306 valence electrons. The van der Waals surface area contributed by atoms with Crippen LogP contribution in [0.4, 0.5) is 0 Å². The minimum absolute atomic E-state index is 0.0141. The fourth-order valence-corrected chi connectivity index (χ4v) is 9.04. The van der Waals surface area contributed by atoms with Gasteiger partial charge >= 0.3 is 5.97 Å². The number of piperidine rings is 1. The van der Waals surface area contributed by atoms with Gasteiger partial charge in [-0.25, -0.2) is 0 Å². The zero-order chi connectivity index (χ0) is 40.8. The molecule has 4 aromatic carbocycles. The van der Waals surface area contributed by atoms with Gasteiger partial charge in [0.15, 0.2) is 0 Å². The maximum Gasteiger partial charge on any atom is 0.306 e. The third kappa shape index (κ3) is 10.0. The first-order valence-electron chi connectivity index (χ1n) is 20.8. The Labute approximate surface area is 342 Å². The van der Waals surface area contributed by atoms with Crippen molar-refractivity contribution in [2.24, 2.45) is 11.7 Å². The highest BCUT2D eigenvalue weighted by atomic mass is 16.6. The fourth-order valence-electron chi connectivity index (χ4n) is 9.04. The summed E-state index contributed by atoms with van der Waals surface area (Å²) in [4.78, 5) is 41.8. The van der Waals surface area contributed by atoms with Crippen molar-refractivity contribution in [1.29, 1.82) is 0 Å². The summed E-state index contributed by atoms with van der Waals surface area (Å²) in [5.41, 5.74) is 11.5. The Morgan fingerprint density at radius 1 is 0.879 bits per heavy atom. The molecule has 7 rings (SSSR count). The molecular formula is C48H57N3O7. The highest BCUT2D eigenvalue weighted by Gasteiger charge is 2.36. The zero-order valence-electron chi connectivity index (χ0n) is 34.0. The molecule has 1 saturated heterocycles. The van der Waals surface area contributed by atoms with Crippen LogP contribution in [0.25, 0.3) is 0 Å². The molecule has 3 N–H and O–H groups in total. The maximum atomic E-state index is 13.3. The number of nitrogens with two attached hydrogens (primary N) is 1. The van der Waals surface area contributed by atoms with Crippen LogP contribution < -0.4 is 15.2 Å². The van der Waals surface area contributed by atoms with E-state index < -0.39 is 23.5 Å². The lowest BCUT2D eigenvalue weighted by Gasteiger charge is -2.35. The number of aromatic hydroxyl groups is 1. The van der Waals surface area contributed by atoms with Crippen molar-refractivity contribution in [3.63, 3.8) is 0 Å². The van der Waals surface area contributed by atoms with Crippen LogP contribution in [0.15, 0.2) is 91.0 Å². The second kappa shape index (κ2) is 18.1. The Hall–Kier alpha value is -5.35. The summed E-state index contributed by atoms with van der Waals surface area (Å²) in [5.74, 6) is 1.60. The molecule has 0 bridgehead atoms. The summed E-state index contributed by atoms with van der Waals surface area (Å²) < 4.78 is 17.8. The largest absolute Gasteiger partial charge is 0.508 e. The molecule has 0 spiro atoms. The van der Waals surface area contributed by atoms with Gasteiger partial charge in [-0.1, -0.05) is 48.5 Å². The first-order valence-corrected chi connectivity index (χ1v) is 20.8. The van der Waals surface area contributed by atoms with Gasteiger partial charge in [0.05, 0.1) is 6.61 Å². The van der Waals surface area contributed by atoms with Crippen molar-refractivity contribution in [3.05, 3.63) is 124 Å². The van der Waals surface area contributed by atoms with Crippen molar-refractivity contribution < 1.29 is 33.7 Å². The number of fused-ring (bicyclic) bond motifs is 2. The van der Waals surface area contributed by atoms with Gasteiger partial charge in [0.2, 0.25) is 5.91 Å². The third-order valence-electron chi connectivity index (χ3n) is 11.8. The van der Waals surface area contributed by atoms with Crippen molar-refractivity contribution in [2.75, 3.05) is 32.8 Å². The molecule has 10 heteroatoms. The van der Waals surface area contributed by atoms with Crippen LogP contribution in [0.2, 0.25) is 0 Å². The van der Waals surface area contributed by atoms with Crippen molar-refractivity contribution in [3.8, 4) is 17.2 Å². The van der Waals surface area contributed by atoms with Gasteiger partial charge < -0.3 is 30.0 Å². The van der Waals surface area contributed by atoms with Crippen LogP contribution in [0, 0.1) is 5.92 Å². The summed E-state index contributed by atoms with van der Waals surface area (Å²) >= 11 is 0. The van der Waals surface area contributed by atoms with Crippen LogP contribution in [-0.2, 0) is 27.3 Å². The van der Waals surface area contributed by atoms with E-state index in [2.05, 4.69) is 65.6 Å². The number of aryl methyl sites for hydroxylation is 1. The van der Waals surface area contributed by atoms with Crippen LogP contribution in [0.1, 0.15) is 109 Å². The number of nitrogens with zero attached hydrogens (tertiary/aromatic N) is 2. The zero-order valence-corrected chi connectivity index (χ0v) is 34.0. The Morgan fingerprint density at radius 2 is 1.64 bits per heavy atom. The molecule has 3 aliphatic rings. The molecule has 2 aliphatic heterocycles. The smallest absolute Gasteiger partial charge is 0.306 e. The maximum absolute atomic E-state index is 13.3. The van der Waals surface area contributed by atoms with Gasteiger partial charge in [0, 0.05) is 37.5 Å². The molecule has 0 unspecified atom stereocenters. The molecule has 4 aromatic rings. The SMILES string of the molecule is CC(C)(C)OC(=O)CC[C@@H](C(N)=O)N1Cc2cc(OCC[C@H]3CCCN(CCOc4ccc([C@H]5c6ccc(O)cc6CC[C@H]5c5ccccc5)cc4)C3)ccc2C1=O. The Bertz CT molecular complexity index is 2060. The average molecular weight is 788 g/mol. The molecule has 2 amide bonds. The summed E-state index contributed by atoms with van der Waals surface area (Å²) in [6.45, 7) is 9.66. The van der Waals surface area contributed by atoms with E-state index in [-0.39, 0.29) is 31.2 Å². The fraction of sp³-hybridized carbons (Fsp3) is 0.438. The number of amides is 2. The number of benzene rings is 4. The van der Waals surface area contributed by atoms with Crippen molar-refractivity contribution in [1.82, 2.24) is 9.80 Å². The summed E-state index contributed by atoms with van der Waals surface area (Å²) in [5, 5.41) is 10.2. The third-order valence-corrected chi connectivity index (χ3v) is 11.8. The van der Waals surface area contributed by atoms with Gasteiger partial charge in [-0.05, 0) is 148 Å². The lowest BCUT2D eigenvalue weighted by atomic mass is 9.69. The van der Waals surface area contributed by atoms with Crippen LogP contribution >= 0.6 is 0 Å². The lowest BCUT2D eigenvalue weighted by Crippen LogP contribution is -2.45. The van der Waals surface area contributed by atoms with Gasteiger partial charge in [-0.3, -0.25) is 19.3 Å². The normalized spacial score (nSPS) is 19.9. The van der Waals surface area contributed by atoms with E-state index in [1.54, 1.807) is 32.9 Å². The molecule has 58 heavy (non-hydrogen) atoms. The van der Waals surface area contributed by atoms with E-state index in [4.69, 9.17) is 19.9 Å². The molecule has 2 heterocycles. The summed E-state index contributed by atoms with van der Waals surface area (Å²) in [6, 6.07) is 29.7. The van der Waals surface area contributed by atoms with Gasteiger partial charge in [0.25, 0.3) is 5.91 Å². The number of hydrogen-bond acceptors (Lipinski definition) is 8. The standard InChI is InChI=1S/C48H57N3O7/c1-48(2,3)58-44(53)22-21-43(46(49)54)51-31-36-29-39(17-20-42(36)47(51)55)56-26-23-32-8-7-24-50(30-32)25-27-57-38-15-11-34(12-16-38)45-40(33-9-5-4-6-10-33)18-13-35-28-37(52)14-19-41(35)45/h4-6,9-12,14-17,19-20,28-29,32,40,43,45,52H,7-8,13,18,21-27,30-31H2,1-3H3,(H2,49,54)/t32-,40+,43+,45-/m1/s1. The van der Waals surface area contributed by atoms with Gasteiger partial charge in [-0.2, -0.15) is 0 Å². The number of esters is 1. The number of phenolic OH excluding ortho intramolecular Hbond substituents is 1. The molecular weight excluding hydrogens is 731 g/mol. The number of carbonyl (C=O) groups excluding carboxylic acids is 3. The molecule has 1 fully saturated rings. The number of likely N-dealkylation sites (tertiary alicyclic amines) is 1. The number of ether oxygens (including phenoxy) is 3. The summed E-state index contributed by atoms with van der Waals surface area (Å²) in [7, 11) is 0. The number of hydrogen-bond donors (Lipinski definition) is 2. The lowest BCUT2D eigenvalue weighted by molar-refractivity contribution is -0.155. The van der Waals surface area contributed by atoms with E-state index in [0.29, 0.717) is 42.1 Å². The van der Waals surface area contributed by atoms with Crippen LogP contribution in [-0.4, -0.2) is 77.2 Å². The van der Waals surface area contributed by atoms with E-state index >= 15 is 0 Å². The molecule has 4 atom stereocenters. The number of carbonyl (C=O) groups is 3. The average Bonchev–Trinajstić information content (AvgIpc) is 3.52. The predicted octanol–water partition coefficient (Wildman–Crippen LogP) is 7.75. The highest BCUT2D eigenvalue weighted by Crippen LogP contribution is 2.47. The second-order valence-corrected chi connectivity index (χ2v) is 17.1.